The summed E-state index contributed by atoms with van der Waals surface area (Å²) in [5.41, 5.74) is 6.19. The van der Waals surface area contributed by atoms with Crippen molar-refractivity contribution in [1.82, 2.24) is 30.3 Å². The second kappa shape index (κ2) is 22.0. The maximum absolute atomic E-state index is 13.3. The molecule has 5 heterocycles. The van der Waals surface area contributed by atoms with Gasteiger partial charge in [-0.2, -0.15) is 0 Å². The van der Waals surface area contributed by atoms with Crippen LogP contribution in [0.1, 0.15) is 68.7 Å². The molecule has 0 aliphatic carbocycles. The number of nitrogens with one attached hydrogen (secondary N) is 3. The van der Waals surface area contributed by atoms with Crippen molar-refractivity contribution in [3.63, 3.8) is 0 Å². The Morgan fingerprint density at radius 1 is 0.765 bits per heavy atom. The summed E-state index contributed by atoms with van der Waals surface area (Å²) in [6.45, 7) is 9.61. The lowest BCUT2D eigenvalue weighted by Gasteiger charge is -2.43. The molecule has 354 valence electrons. The third-order valence-electron chi connectivity index (χ3n) is 13.5. The Kier molecular flexibility index (Phi) is 15.1. The Balaban J connectivity index is 0.673. The standard InChI is InChI=1S/C54H60N6O8/c61-47-19-17-45(46-18-20-50(63)56-52(46)47)48(62)33-55-32-37-9-11-38(12-10-37)34-60-27-25-58(26-28-60)29-30-66-53(64)42-15-13-39(14-16-42)36-67-44-8-4-7-43(31-44)51(41-5-2-1-3-6-41)57-54(65)68-49-35-59-23-21-40(49)22-24-59/h1-20,31,40,48-49,51,55,61-62H,21-30,32-36H2,(H,56,63)(H,57,65)/t48-,49-,51-/m0/s1. The van der Waals surface area contributed by atoms with Gasteiger partial charge in [-0.15, -0.1) is 0 Å². The summed E-state index contributed by atoms with van der Waals surface area (Å²) in [7, 11) is 0. The number of fused-ring (bicyclic) bond motifs is 4. The van der Waals surface area contributed by atoms with Gasteiger partial charge in [0, 0.05) is 70.4 Å². The van der Waals surface area contributed by atoms with Gasteiger partial charge in [0.05, 0.1) is 23.2 Å². The molecule has 4 fully saturated rings. The zero-order valence-electron chi connectivity index (χ0n) is 38.2. The minimum absolute atomic E-state index is 0.0333. The Bertz CT molecular complexity index is 2680. The van der Waals surface area contributed by atoms with Crippen molar-refractivity contribution in [3.05, 3.63) is 177 Å². The summed E-state index contributed by atoms with van der Waals surface area (Å²) in [5.74, 6) is 0.702. The second-order valence-electron chi connectivity index (χ2n) is 18.1. The third kappa shape index (κ3) is 11.9. The Labute approximate surface area is 396 Å². The number of benzene rings is 5. The molecule has 0 radical (unpaired) electrons. The molecule has 14 nitrogen and oxygen atoms in total. The van der Waals surface area contributed by atoms with Gasteiger partial charge in [-0.1, -0.05) is 84.9 Å². The topological polar surface area (TPSA) is 169 Å². The molecule has 0 saturated carbocycles. The van der Waals surface area contributed by atoms with Gasteiger partial charge in [-0.3, -0.25) is 19.5 Å². The van der Waals surface area contributed by atoms with E-state index in [1.807, 2.05) is 66.7 Å². The molecule has 4 aliphatic heterocycles. The van der Waals surface area contributed by atoms with E-state index in [4.69, 9.17) is 14.2 Å². The van der Waals surface area contributed by atoms with Gasteiger partial charge >= 0.3 is 12.1 Å². The van der Waals surface area contributed by atoms with E-state index in [1.54, 1.807) is 24.3 Å². The Hall–Kier alpha value is -6.55. The lowest BCUT2D eigenvalue weighted by atomic mass is 9.86. The van der Waals surface area contributed by atoms with Crippen LogP contribution < -0.4 is 20.9 Å². The van der Waals surface area contributed by atoms with Gasteiger partial charge in [-0.25, -0.2) is 9.59 Å². The first-order chi connectivity index (χ1) is 33.2. The van der Waals surface area contributed by atoms with Gasteiger partial charge in [-0.05, 0) is 102 Å². The minimum atomic E-state index is -0.819. The number of pyridine rings is 1. The quantitative estimate of drug-likeness (QED) is 0.0594. The lowest BCUT2D eigenvalue weighted by molar-refractivity contribution is -0.0336. The van der Waals surface area contributed by atoms with E-state index in [1.165, 1.54) is 17.7 Å². The summed E-state index contributed by atoms with van der Waals surface area (Å²) in [4.78, 5) is 47.7. The van der Waals surface area contributed by atoms with Crippen molar-refractivity contribution in [1.29, 1.82) is 0 Å². The summed E-state index contributed by atoms with van der Waals surface area (Å²) in [5, 5.41) is 28.1. The molecular formula is C54H60N6O8. The fourth-order valence-electron chi connectivity index (χ4n) is 9.58. The van der Waals surface area contributed by atoms with Crippen molar-refractivity contribution in [2.75, 3.05) is 65.5 Å². The molecule has 4 saturated heterocycles. The number of H-pyrrole nitrogens is 1. The van der Waals surface area contributed by atoms with Crippen LogP contribution in [0.25, 0.3) is 10.9 Å². The molecule has 2 bridgehead atoms. The normalized spacial score (nSPS) is 19.3. The van der Waals surface area contributed by atoms with Crippen LogP contribution in [-0.2, 0) is 29.2 Å². The molecule has 1 amide bonds. The number of piperidine rings is 3. The number of ether oxygens (including phenoxy) is 3. The van der Waals surface area contributed by atoms with Gasteiger partial charge in [0.2, 0.25) is 5.56 Å². The summed E-state index contributed by atoms with van der Waals surface area (Å²) >= 11 is 0. The molecule has 4 aliphatic rings. The Morgan fingerprint density at radius 3 is 2.24 bits per heavy atom. The predicted molar refractivity (Wildman–Crippen MR) is 259 cm³/mol. The third-order valence-corrected chi connectivity index (χ3v) is 13.5. The molecule has 6 aromatic rings. The number of nitrogens with zero attached hydrogens (tertiary/aromatic N) is 3. The molecule has 0 unspecified atom stereocenters. The number of phenolic OH excluding ortho intramolecular Hbond substituents is 1. The summed E-state index contributed by atoms with van der Waals surface area (Å²) in [6.07, 6.45) is 0.824. The molecule has 5 aromatic carbocycles. The summed E-state index contributed by atoms with van der Waals surface area (Å²) in [6, 6.07) is 39.2. The fourth-order valence-corrected chi connectivity index (χ4v) is 9.58. The molecular weight excluding hydrogens is 861 g/mol. The number of amides is 1. The number of piperazine rings is 1. The monoisotopic (exact) mass is 920 g/mol. The van der Waals surface area contributed by atoms with Gasteiger partial charge in [0.15, 0.2) is 0 Å². The van der Waals surface area contributed by atoms with Crippen LogP contribution in [0.3, 0.4) is 0 Å². The highest BCUT2D eigenvalue weighted by molar-refractivity contribution is 5.89. The first kappa shape index (κ1) is 46.6. The largest absolute Gasteiger partial charge is 0.506 e. The van der Waals surface area contributed by atoms with E-state index >= 15 is 0 Å². The zero-order chi connectivity index (χ0) is 46.8. The highest BCUT2D eigenvalue weighted by Crippen LogP contribution is 2.32. The van der Waals surface area contributed by atoms with Gasteiger partial charge in [0.1, 0.15) is 30.8 Å². The number of aliphatic hydroxyl groups excluding tert-OH is 1. The molecule has 1 aromatic heterocycles. The number of aromatic amines is 1. The van der Waals surface area contributed by atoms with E-state index in [-0.39, 0.29) is 23.4 Å². The molecule has 14 heteroatoms. The van der Waals surface area contributed by atoms with E-state index in [9.17, 15) is 24.6 Å². The second-order valence-corrected chi connectivity index (χ2v) is 18.1. The van der Waals surface area contributed by atoms with Gasteiger partial charge in [0.25, 0.3) is 0 Å². The minimum Gasteiger partial charge on any atom is -0.506 e. The number of carbonyl (C=O) groups is 2. The number of aromatic hydroxyl groups is 1. The zero-order valence-corrected chi connectivity index (χ0v) is 38.2. The van der Waals surface area contributed by atoms with Crippen LogP contribution in [-0.4, -0.2) is 114 Å². The Morgan fingerprint density at radius 2 is 1.49 bits per heavy atom. The number of esters is 1. The lowest BCUT2D eigenvalue weighted by Crippen LogP contribution is -2.52. The van der Waals surface area contributed by atoms with Crippen molar-refractivity contribution in [2.24, 2.45) is 5.92 Å². The number of carbonyl (C=O) groups excluding carboxylic acids is 2. The summed E-state index contributed by atoms with van der Waals surface area (Å²) < 4.78 is 17.9. The van der Waals surface area contributed by atoms with E-state index in [0.717, 1.165) is 87.5 Å². The number of aromatic nitrogens is 1. The molecule has 3 atom stereocenters. The number of hydrogen-bond acceptors (Lipinski definition) is 12. The molecule has 0 spiro atoms. The predicted octanol–water partition coefficient (Wildman–Crippen LogP) is 6.52. The molecule has 5 N–H and O–H groups in total. The number of rotatable bonds is 18. The highest BCUT2D eigenvalue weighted by Gasteiger charge is 2.37. The number of phenols is 1. The SMILES string of the molecule is O=C(N[C@@H](c1ccccc1)c1cccc(OCc2ccc(C(=O)OCCN3CCN(Cc4ccc(CNC[C@H](O)c5ccc(O)c6[nH]c(=O)ccc56)cc4)CC3)cc2)c1)O[C@H]1CN2CCC1CC2. The van der Waals surface area contributed by atoms with Crippen LogP contribution >= 0.6 is 0 Å². The average Bonchev–Trinajstić information content (AvgIpc) is 3.37. The van der Waals surface area contributed by atoms with Crippen LogP contribution in [0.2, 0.25) is 0 Å². The molecule has 10 rings (SSSR count). The van der Waals surface area contributed by atoms with Crippen molar-refractivity contribution >= 4 is 23.0 Å². The van der Waals surface area contributed by atoms with Crippen LogP contribution in [0, 0.1) is 5.92 Å². The van der Waals surface area contributed by atoms with E-state index in [2.05, 4.69) is 54.6 Å². The van der Waals surface area contributed by atoms with Crippen molar-refractivity contribution in [3.8, 4) is 11.5 Å². The van der Waals surface area contributed by atoms with Crippen LogP contribution in [0.4, 0.5) is 4.79 Å². The average molecular weight is 921 g/mol. The smallest absolute Gasteiger partial charge is 0.408 e. The fraction of sp³-hybridized carbons (Fsp3) is 0.352. The number of alkyl carbamates (subject to hydrolysis) is 1. The maximum atomic E-state index is 13.3. The van der Waals surface area contributed by atoms with Crippen molar-refractivity contribution in [2.45, 2.75) is 50.8 Å². The van der Waals surface area contributed by atoms with Crippen LogP contribution in [0.15, 0.2) is 132 Å². The van der Waals surface area contributed by atoms with Gasteiger partial charge < -0.3 is 40.0 Å². The molecule has 68 heavy (non-hydrogen) atoms. The first-order valence-electron chi connectivity index (χ1n) is 23.7. The van der Waals surface area contributed by atoms with Crippen LogP contribution in [0.5, 0.6) is 11.5 Å². The number of aliphatic hydroxyl groups is 1. The maximum Gasteiger partial charge on any atom is 0.408 e. The highest BCUT2D eigenvalue weighted by atomic mass is 16.6. The van der Waals surface area contributed by atoms with Crippen molar-refractivity contribution < 1.29 is 34.0 Å². The number of hydrogen-bond donors (Lipinski definition) is 5. The van der Waals surface area contributed by atoms with E-state index < -0.39 is 18.2 Å². The first-order valence-corrected chi connectivity index (χ1v) is 23.7. The van der Waals surface area contributed by atoms with E-state index in [0.29, 0.717) is 66.5 Å².